The number of carbonyl (C=O) groups is 1. The molecule has 1 heterocycles. The molecule has 13 heavy (non-hydrogen) atoms. The molecule has 0 saturated carbocycles. The van der Waals surface area contributed by atoms with Crippen LogP contribution in [0.25, 0.3) is 0 Å². The van der Waals surface area contributed by atoms with E-state index in [9.17, 15) is 4.79 Å². The molecule has 3 heteroatoms. The van der Waals surface area contributed by atoms with Gasteiger partial charge in [-0.15, -0.1) is 0 Å². The fourth-order valence-electron chi connectivity index (χ4n) is 1.05. The summed E-state index contributed by atoms with van der Waals surface area (Å²) in [5.41, 5.74) is 1.52. The van der Waals surface area contributed by atoms with E-state index in [-0.39, 0.29) is 0 Å². The second kappa shape index (κ2) is 3.94. The monoisotopic (exact) mass is 179 g/mol. The van der Waals surface area contributed by atoms with Crippen LogP contribution in [0.1, 0.15) is 24.3 Å². The van der Waals surface area contributed by atoms with Gasteiger partial charge in [-0.2, -0.15) is 0 Å². The lowest BCUT2D eigenvalue weighted by atomic mass is 10.3. The number of carboxylic acids is 1. The fraction of sp³-hybridized carbons (Fsp3) is 0.300. The lowest BCUT2D eigenvalue weighted by Crippen LogP contribution is -2.06. The highest BCUT2D eigenvalue weighted by atomic mass is 16.4. The van der Waals surface area contributed by atoms with Crippen LogP contribution < -0.4 is 0 Å². The van der Waals surface area contributed by atoms with Crippen molar-refractivity contribution in [2.75, 3.05) is 0 Å². The molecule has 0 radical (unpaired) electrons. The molecule has 1 rings (SSSR count). The van der Waals surface area contributed by atoms with Crippen LogP contribution in [0, 0.1) is 0 Å². The average molecular weight is 179 g/mol. The van der Waals surface area contributed by atoms with Crippen molar-refractivity contribution in [3.05, 3.63) is 35.7 Å². The van der Waals surface area contributed by atoms with Crippen LogP contribution in [0.2, 0.25) is 0 Å². The van der Waals surface area contributed by atoms with Gasteiger partial charge in [0.1, 0.15) is 5.69 Å². The van der Waals surface area contributed by atoms with Crippen LogP contribution in [0.3, 0.4) is 0 Å². The lowest BCUT2D eigenvalue weighted by Gasteiger charge is -2.01. The van der Waals surface area contributed by atoms with Crippen molar-refractivity contribution >= 4 is 5.97 Å². The Kier molecular flexibility index (Phi) is 2.90. The van der Waals surface area contributed by atoms with Crippen molar-refractivity contribution < 1.29 is 9.90 Å². The molecule has 0 spiro atoms. The predicted molar refractivity (Wildman–Crippen MR) is 50.8 cm³/mol. The third-order valence-electron chi connectivity index (χ3n) is 1.74. The van der Waals surface area contributed by atoms with E-state index in [4.69, 9.17) is 5.11 Å². The Labute approximate surface area is 77.3 Å². The van der Waals surface area contributed by atoms with Gasteiger partial charge < -0.3 is 9.67 Å². The first-order chi connectivity index (χ1) is 6.11. The molecule has 70 valence electrons. The van der Waals surface area contributed by atoms with Gasteiger partial charge in [-0.1, -0.05) is 11.6 Å². The van der Waals surface area contributed by atoms with Crippen LogP contribution in [0.15, 0.2) is 30.0 Å². The summed E-state index contributed by atoms with van der Waals surface area (Å²) in [6.45, 7) is 4.60. The molecular formula is C10H13NO2. The highest BCUT2D eigenvalue weighted by molar-refractivity contribution is 5.85. The van der Waals surface area contributed by atoms with E-state index in [1.165, 1.54) is 5.57 Å². The smallest absolute Gasteiger partial charge is 0.352 e. The molecule has 0 aromatic carbocycles. The van der Waals surface area contributed by atoms with Crippen molar-refractivity contribution in [2.45, 2.75) is 20.4 Å². The second-order valence-corrected chi connectivity index (χ2v) is 3.13. The summed E-state index contributed by atoms with van der Waals surface area (Å²) in [7, 11) is 0. The van der Waals surface area contributed by atoms with Gasteiger partial charge in [-0.05, 0) is 26.0 Å². The number of carboxylic acid groups (broad SMARTS) is 1. The first-order valence-corrected chi connectivity index (χ1v) is 4.13. The minimum absolute atomic E-state index is 0.331. The van der Waals surface area contributed by atoms with Crippen molar-refractivity contribution in [3.8, 4) is 0 Å². The van der Waals surface area contributed by atoms with E-state index in [1.807, 2.05) is 19.9 Å². The molecule has 1 N–H and O–H groups in total. The lowest BCUT2D eigenvalue weighted by molar-refractivity contribution is 0.0686. The number of nitrogens with zero attached hydrogens (tertiary/aromatic N) is 1. The molecule has 1 aromatic heterocycles. The number of rotatable bonds is 3. The van der Waals surface area contributed by atoms with E-state index in [0.29, 0.717) is 12.2 Å². The predicted octanol–water partition coefficient (Wildman–Crippen LogP) is 2.15. The van der Waals surface area contributed by atoms with E-state index in [1.54, 1.807) is 22.9 Å². The Hall–Kier alpha value is -1.51. The molecule has 0 fully saturated rings. The summed E-state index contributed by atoms with van der Waals surface area (Å²) in [5.74, 6) is -0.882. The van der Waals surface area contributed by atoms with Gasteiger partial charge >= 0.3 is 5.97 Å². The highest BCUT2D eigenvalue weighted by Crippen LogP contribution is 2.03. The van der Waals surface area contributed by atoms with Gasteiger partial charge in [-0.25, -0.2) is 4.79 Å². The molecule has 0 saturated heterocycles. The van der Waals surface area contributed by atoms with Crippen molar-refractivity contribution in [3.63, 3.8) is 0 Å². The van der Waals surface area contributed by atoms with E-state index in [2.05, 4.69) is 0 Å². The zero-order valence-electron chi connectivity index (χ0n) is 7.82. The van der Waals surface area contributed by atoms with Crippen LogP contribution in [0.5, 0.6) is 0 Å². The van der Waals surface area contributed by atoms with Crippen LogP contribution >= 0.6 is 0 Å². The minimum Gasteiger partial charge on any atom is -0.477 e. The summed E-state index contributed by atoms with van der Waals surface area (Å²) >= 11 is 0. The zero-order valence-corrected chi connectivity index (χ0v) is 7.82. The maximum Gasteiger partial charge on any atom is 0.352 e. The maximum atomic E-state index is 10.7. The molecule has 0 bridgehead atoms. The Morgan fingerprint density at radius 3 is 2.85 bits per heavy atom. The molecule has 0 aliphatic rings. The molecule has 0 unspecified atom stereocenters. The maximum absolute atomic E-state index is 10.7. The van der Waals surface area contributed by atoms with Gasteiger partial charge in [0, 0.05) is 12.7 Å². The number of aromatic carboxylic acids is 1. The highest BCUT2D eigenvalue weighted by Gasteiger charge is 2.06. The summed E-state index contributed by atoms with van der Waals surface area (Å²) in [4.78, 5) is 10.7. The van der Waals surface area contributed by atoms with Gasteiger partial charge in [0.15, 0.2) is 0 Å². The summed E-state index contributed by atoms with van der Waals surface area (Å²) in [5, 5.41) is 8.78. The van der Waals surface area contributed by atoms with Gasteiger partial charge in [0.05, 0.1) is 0 Å². The first kappa shape index (κ1) is 9.58. The number of aromatic nitrogens is 1. The van der Waals surface area contributed by atoms with Crippen LogP contribution in [0.4, 0.5) is 0 Å². The van der Waals surface area contributed by atoms with Crippen LogP contribution in [-0.4, -0.2) is 15.6 Å². The van der Waals surface area contributed by atoms with Gasteiger partial charge in [-0.3, -0.25) is 0 Å². The molecule has 0 aliphatic carbocycles. The normalized spacial score (nSPS) is 9.69. The van der Waals surface area contributed by atoms with Crippen molar-refractivity contribution in [1.82, 2.24) is 4.57 Å². The Morgan fingerprint density at radius 2 is 2.31 bits per heavy atom. The average Bonchev–Trinajstić information content (AvgIpc) is 2.47. The SMILES string of the molecule is CC(C)=CCn1cccc1C(=O)O. The first-order valence-electron chi connectivity index (χ1n) is 4.13. The van der Waals surface area contributed by atoms with Crippen molar-refractivity contribution in [2.24, 2.45) is 0 Å². The quantitative estimate of drug-likeness (QED) is 0.722. The molecule has 0 amide bonds. The van der Waals surface area contributed by atoms with E-state index >= 15 is 0 Å². The summed E-state index contributed by atoms with van der Waals surface area (Å²) in [6.07, 6.45) is 3.76. The Bertz CT molecular complexity index is 332. The topological polar surface area (TPSA) is 42.2 Å². The minimum atomic E-state index is -0.882. The third-order valence-corrected chi connectivity index (χ3v) is 1.74. The van der Waals surface area contributed by atoms with E-state index in [0.717, 1.165) is 0 Å². The van der Waals surface area contributed by atoms with Crippen LogP contribution in [-0.2, 0) is 6.54 Å². The Balaban J connectivity index is 2.83. The summed E-state index contributed by atoms with van der Waals surface area (Å²) < 4.78 is 1.70. The summed E-state index contributed by atoms with van der Waals surface area (Å²) in [6, 6.07) is 3.34. The second-order valence-electron chi connectivity index (χ2n) is 3.13. The zero-order chi connectivity index (χ0) is 9.84. The number of allylic oxidation sites excluding steroid dienone is 2. The Morgan fingerprint density at radius 1 is 1.62 bits per heavy atom. The number of hydrogen-bond acceptors (Lipinski definition) is 1. The molecule has 3 nitrogen and oxygen atoms in total. The van der Waals surface area contributed by atoms with Gasteiger partial charge in [0.25, 0.3) is 0 Å². The van der Waals surface area contributed by atoms with E-state index < -0.39 is 5.97 Å². The fourth-order valence-corrected chi connectivity index (χ4v) is 1.05. The third kappa shape index (κ3) is 2.47. The van der Waals surface area contributed by atoms with Gasteiger partial charge in [0.2, 0.25) is 0 Å². The molecule has 0 aliphatic heterocycles. The number of hydrogen-bond donors (Lipinski definition) is 1. The largest absolute Gasteiger partial charge is 0.477 e. The molecular weight excluding hydrogens is 166 g/mol. The molecule has 1 aromatic rings. The standard InChI is InChI=1S/C10H13NO2/c1-8(2)5-7-11-6-3-4-9(11)10(12)13/h3-6H,7H2,1-2H3,(H,12,13). The van der Waals surface area contributed by atoms with Crippen molar-refractivity contribution in [1.29, 1.82) is 0 Å². The molecule has 0 atom stereocenters.